The Labute approximate surface area is 153 Å². The second-order valence-corrected chi connectivity index (χ2v) is 6.30. The zero-order valence-corrected chi connectivity index (χ0v) is 16.5. The van der Waals surface area contributed by atoms with Crippen molar-refractivity contribution in [2.45, 2.75) is 46.5 Å². The quantitative estimate of drug-likeness (QED) is 0.682. The molecule has 2 heteroatoms. The Hall–Kier alpha value is -2.22. The standard InChI is InChI=1S/C21H25NO.C2H6/c1-5-20-21(3,15-16-10-8-7-9-11-16)18-14-17(23-4)12-13-19(18)22(20)6-2;1-2/h5,7-14H,6,15H2,1-4H3;1-2H3/b20-5-;. The van der Waals surface area contributed by atoms with Crippen LogP contribution in [0.25, 0.3) is 0 Å². The number of methoxy groups -OCH3 is 1. The van der Waals surface area contributed by atoms with E-state index in [0.29, 0.717) is 0 Å². The predicted molar refractivity (Wildman–Crippen MR) is 109 cm³/mol. The monoisotopic (exact) mass is 337 g/mol. The van der Waals surface area contributed by atoms with Gasteiger partial charge in [0.05, 0.1) is 7.11 Å². The lowest BCUT2D eigenvalue weighted by Crippen LogP contribution is -2.30. The minimum absolute atomic E-state index is 0.0318. The minimum atomic E-state index is -0.0318. The van der Waals surface area contributed by atoms with Gasteiger partial charge in [0.25, 0.3) is 0 Å². The Morgan fingerprint density at radius 2 is 1.76 bits per heavy atom. The molecule has 0 amide bonds. The summed E-state index contributed by atoms with van der Waals surface area (Å²) in [5, 5.41) is 0. The first-order chi connectivity index (χ1) is 12.1. The second-order valence-electron chi connectivity index (χ2n) is 6.30. The van der Waals surface area contributed by atoms with Gasteiger partial charge in [0.15, 0.2) is 0 Å². The van der Waals surface area contributed by atoms with Crippen molar-refractivity contribution in [1.82, 2.24) is 0 Å². The molecule has 0 bridgehead atoms. The van der Waals surface area contributed by atoms with E-state index in [0.717, 1.165) is 18.7 Å². The highest BCUT2D eigenvalue weighted by Gasteiger charge is 2.42. The van der Waals surface area contributed by atoms with E-state index in [1.165, 1.54) is 22.5 Å². The van der Waals surface area contributed by atoms with Crippen LogP contribution < -0.4 is 9.64 Å². The molecular weight excluding hydrogens is 306 g/mol. The molecule has 1 heterocycles. The van der Waals surface area contributed by atoms with Crippen molar-refractivity contribution in [2.75, 3.05) is 18.6 Å². The molecule has 0 aliphatic carbocycles. The molecule has 0 aromatic heterocycles. The van der Waals surface area contributed by atoms with E-state index in [2.05, 4.69) is 80.3 Å². The SMILES string of the molecule is C/C=C1\N(CC)c2ccc(OC)cc2C1(C)Cc1ccccc1.CC. The molecule has 1 aliphatic heterocycles. The largest absolute Gasteiger partial charge is 0.497 e. The van der Waals surface area contributed by atoms with E-state index in [9.17, 15) is 0 Å². The Bertz CT molecular complexity index is 720. The van der Waals surface area contributed by atoms with Crippen molar-refractivity contribution in [2.24, 2.45) is 0 Å². The fraction of sp³-hybridized carbons (Fsp3) is 0.391. The summed E-state index contributed by atoms with van der Waals surface area (Å²) in [7, 11) is 1.74. The number of likely N-dealkylation sites (N-methyl/N-ethyl adjacent to an activating group) is 1. The molecule has 1 aliphatic rings. The van der Waals surface area contributed by atoms with E-state index in [1.54, 1.807) is 7.11 Å². The van der Waals surface area contributed by atoms with Gasteiger partial charge < -0.3 is 9.64 Å². The molecule has 0 spiro atoms. The lowest BCUT2D eigenvalue weighted by Gasteiger charge is -2.30. The summed E-state index contributed by atoms with van der Waals surface area (Å²) in [5.41, 5.74) is 5.37. The highest BCUT2D eigenvalue weighted by molar-refractivity contribution is 5.72. The molecule has 0 N–H and O–H groups in total. The maximum Gasteiger partial charge on any atom is 0.119 e. The maximum atomic E-state index is 5.48. The lowest BCUT2D eigenvalue weighted by atomic mass is 9.76. The molecule has 1 unspecified atom stereocenters. The topological polar surface area (TPSA) is 12.5 Å². The molecule has 2 aromatic carbocycles. The molecule has 25 heavy (non-hydrogen) atoms. The van der Waals surface area contributed by atoms with Gasteiger partial charge in [0.1, 0.15) is 5.75 Å². The van der Waals surface area contributed by atoms with Crippen LogP contribution in [0.3, 0.4) is 0 Å². The molecule has 0 saturated heterocycles. The van der Waals surface area contributed by atoms with Gasteiger partial charge in [-0.05, 0) is 56.5 Å². The minimum Gasteiger partial charge on any atom is -0.497 e. The van der Waals surface area contributed by atoms with E-state index in [-0.39, 0.29) is 5.41 Å². The molecule has 2 nitrogen and oxygen atoms in total. The zero-order valence-electron chi connectivity index (χ0n) is 16.5. The summed E-state index contributed by atoms with van der Waals surface area (Å²) < 4.78 is 5.48. The van der Waals surface area contributed by atoms with Crippen molar-refractivity contribution in [3.8, 4) is 5.75 Å². The van der Waals surface area contributed by atoms with Crippen LogP contribution >= 0.6 is 0 Å². The van der Waals surface area contributed by atoms with Crippen molar-refractivity contribution < 1.29 is 4.74 Å². The summed E-state index contributed by atoms with van der Waals surface area (Å²) in [6, 6.07) is 17.2. The number of anilines is 1. The van der Waals surface area contributed by atoms with Crippen LogP contribution in [-0.4, -0.2) is 13.7 Å². The Balaban J connectivity index is 0.00000109. The summed E-state index contributed by atoms with van der Waals surface area (Å²) in [5.74, 6) is 0.927. The first-order valence-corrected chi connectivity index (χ1v) is 9.30. The van der Waals surface area contributed by atoms with Gasteiger partial charge in [-0.1, -0.05) is 50.3 Å². The van der Waals surface area contributed by atoms with Gasteiger partial charge in [0, 0.05) is 23.3 Å². The van der Waals surface area contributed by atoms with E-state index < -0.39 is 0 Å². The summed E-state index contributed by atoms with van der Waals surface area (Å²) in [4.78, 5) is 2.43. The third kappa shape index (κ3) is 3.44. The molecule has 134 valence electrons. The number of allylic oxidation sites excluding steroid dienone is 2. The smallest absolute Gasteiger partial charge is 0.119 e. The van der Waals surface area contributed by atoms with Gasteiger partial charge in [0.2, 0.25) is 0 Å². The Kier molecular flexibility index (Phi) is 6.30. The first-order valence-electron chi connectivity index (χ1n) is 9.30. The zero-order chi connectivity index (χ0) is 18.4. The van der Waals surface area contributed by atoms with Crippen LogP contribution in [-0.2, 0) is 11.8 Å². The first kappa shape index (κ1) is 19.1. The third-order valence-electron chi connectivity index (χ3n) is 4.94. The molecular formula is C23H31NO. The molecule has 0 saturated carbocycles. The Morgan fingerprint density at radius 1 is 1.08 bits per heavy atom. The van der Waals surface area contributed by atoms with Crippen molar-refractivity contribution in [1.29, 1.82) is 0 Å². The number of hydrogen-bond donors (Lipinski definition) is 0. The lowest BCUT2D eigenvalue weighted by molar-refractivity contribution is 0.413. The molecule has 2 aromatic rings. The predicted octanol–water partition coefficient (Wildman–Crippen LogP) is 5.97. The normalized spacial score (nSPS) is 20.1. The van der Waals surface area contributed by atoms with Crippen LogP contribution in [0.4, 0.5) is 5.69 Å². The fourth-order valence-electron chi connectivity index (χ4n) is 3.89. The van der Waals surface area contributed by atoms with E-state index in [4.69, 9.17) is 4.74 Å². The second kappa shape index (κ2) is 8.24. The summed E-state index contributed by atoms with van der Waals surface area (Å²) in [6.45, 7) is 11.7. The van der Waals surface area contributed by atoms with Crippen LogP contribution in [0, 0.1) is 0 Å². The number of fused-ring (bicyclic) bond motifs is 1. The van der Waals surface area contributed by atoms with Gasteiger partial charge in [-0.3, -0.25) is 0 Å². The van der Waals surface area contributed by atoms with E-state index in [1.807, 2.05) is 13.8 Å². The van der Waals surface area contributed by atoms with Crippen LogP contribution in [0.2, 0.25) is 0 Å². The molecule has 0 radical (unpaired) electrons. The number of benzene rings is 2. The number of rotatable bonds is 4. The van der Waals surface area contributed by atoms with Crippen molar-refractivity contribution in [3.05, 3.63) is 71.4 Å². The Morgan fingerprint density at radius 3 is 2.32 bits per heavy atom. The van der Waals surface area contributed by atoms with Gasteiger partial charge in [-0.25, -0.2) is 0 Å². The van der Waals surface area contributed by atoms with Crippen molar-refractivity contribution >= 4 is 5.69 Å². The molecule has 0 fully saturated rings. The summed E-state index contributed by atoms with van der Waals surface area (Å²) >= 11 is 0. The van der Waals surface area contributed by atoms with Crippen molar-refractivity contribution in [3.63, 3.8) is 0 Å². The number of ether oxygens (including phenoxy) is 1. The maximum absolute atomic E-state index is 5.48. The number of nitrogens with zero attached hydrogens (tertiary/aromatic N) is 1. The number of hydrogen-bond acceptors (Lipinski definition) is 2. The van der Waals surface area contributed by atoms with Crippen LogP contribution in [0.15, 0.2) is 60.3 Å². The highest BCUT2D eigenvalue weighted by atomic mass is 16.5. The van der Waals surface area contributed by atoms with Crippen LogP contribution in [0.5, 0.6) is 5.75 Å². The van der Waals surface area contributed by atoms with Crippen LogP contribution in [0.1, 0.15) is 45.7 Å². The molecule has 1 atom stereocenters. The average molecular weight is 338 g/mol. The van der Waals surface area contributed by atoms with Gasteiger partial charge in [-0.2, -0.15) is 0 Å². The third-order valence-corrected chi connectivity index (χ3v) is 4.94. The van der Waals surface area contributed by atoms with E-state index >= 15 is 0 Å². The van der Waals surface area contributed by atoms with Gasteiger partial charge >= 0.3 is 0 Å². The fourth-order valence-corrected chi connectivity index (χ4v) is 3.89. The van der Waals surface area contributed by atoms with Gasteiger partial charge in [-0.15, -0.1) is 0 Å². The highest BCUT2D eigenvalue weighted by Crippen LogP contribution is 2.50. The molecule has 3 rings (SSSR count). The summed E-state index contributed by atoms with van der Waals surface area (Å²) in [6.07, 6.45) is 3.25. The average Bonchev–Trinajstić information content (AvgIpc) is 2.91.